The molecule has 0 saturated heterocycles. The summed E-state index contributed by atoms with van der Waals surface area (Å²) >= 11 is 14.4. The topological polar surface area (TPSA) is 122 Å². The van der Waals surface area contributed by atoms with Crippen molar-refractivity contribution < 1.29 is 27.5 Å². The Morgan fingerprint density at radius 3 is 2.45 bits per heavy atom. The number of hydrogen-bond donors (Lipinski definition) is 2. The molecule has 2 heterocycles. The average molecular weight is 721 g/mol. The van der Waals surface area contributed by atoms with Gasteiger partial charge in [0, 0.05) is 39.1 Å². The number of thiophene rings is 1. The zero-order chi connectivity index (χ0) is 34.1. The van der Waals surface area contributed by atoms with Crippen molar-refractivity contribution in [1.29, 1.82) is 0 Å². The van der Waals surface area contributed by atoms with Crippen molar-refractivity contribution in [2.45, 2.75) is 82.5 Å². The zero-order valence-corrected chi connectivity index (χ0v) is 29.9. The van der Waals surface area contributed by atoms with E-state index in [4.69, 9.17) is 27.9 Å². The van der Waals surface area contributed by atoms with Crippen LogP contribution in [0.15, 0.2) is 54.6 Å². The molecule has 9 nitrogen and oxygen atoms in total. The van der Waals surface area contributed by atoms with Gasteiger partial charge in [-0.25, -0.2) is 17.9 Å². The second-order valence-corrected chi connectivity index (χ2v) is 16.8. The van der Waals surface area contributed by atoms with Gasteiger partial charge in [0.05, 0.1) is 18.2 Å². The number of nitrogens with one attached hydrogen (secondary N) is 2. The van der Waals surface area contributed by atoms with Crippen LogP contribution in [0.3, 0.4) is 0 Å². The van der Waals surface area contributed by atoms with E-state index in [1.54, 1.807) is 53.4 Å². The molecular weight excluding hydrogens is 681 g/mol. The maximum atomic E-state index is 14.4. The van der Waals surface area contributed by atoms with Gasteiger partial charge in [-0.2, -0.15) is 0 Å². The summed E-state index contributed by atoms with van der Waals surface area (Å²) in [5.41, 5.74) is 0.887. The molecular formula is C34H39Cl2N3O6S2. The molecule has 2 aromatic carbocycles. The van der Waals surface area contributed by atoms with Gasteiger partial charge >= 0.3 is 5.97 Å². The molecule has 1 saturated carbocycles. The highest BCUT2D eigenvalue weighted by atomic mass is 35.5. The Labute approximate surface area is 290 Å². The zero-order valence-electron chi connectivity index (χ0n) is 26.7. The van der Waals surface area contributed by atoms with Gasteiger partial charge in [-0.1, -0.05) is 60.3 Å². The van der Waals surface area contributed by atoms with E-state index < -0.39 is 45.6 Å². The maximum Gasteiger partial charge on any atom is 0.348 e. The first kappa shape index (κ1) is 35.3. The number of esters is 1. The van der Waals surface area contributed by atoms with E-state index in [0.29, 0.717) is 50.9 Å². The molecule has 1 fully saturated rings. The normalized spacial score (nSPS) is 21.7. The van der Waals surface area contributed by atoms with E-state index in [0.717, 1.165) is 24.0 Å². The number of amides is 2. The summed E-state index contributed by atoms with van der Waals surface area (Å²) in [6.07, 6.45) is 4.28. The van der Waals surface area contributed by atoms with Crippen LogP contribution in [0, 0.1) is 0 Å². The van der Waals surface area contributed by atoms with Gasteiger partial charge in [0.2, 0.25) is 15.9 Å². The van der Waals surface area contributed by atoms with E-state index >= 15 is 0 Å². The molecule has 2 aliphatic rings. The molecule has 3 aromatic rings. The Kier molecular flexibility index (Phi) is 10.7. The van der Waals surface area contributed by atoms with Crippen molar-refractivity contribution in [3.8, 4) is 0 Å². The minimum Gasteiger partial charge on any atom is -0.456 e. The van der Waals surface area contributed by atoms with E-state index in [1.165, 1.54) is 11.3 Å². The molecule has 1 aromatic heterocycles. The fourth-order valence-corrected chi connectivity index (χ4v) is 8.73. The third-order valence-corrected chi connectivity index (χ3v) is 10.7. The first-order chi connectivity index (χ1) is 22.1. The van der Waals surface area contributed by atoms with Crippen LogP contribution >= 0.6 is 34.5 Å². The second-order valence-electron chi connectivity index (χ2n) is 13.0. The van der Waals surface area contributed by atoms with Crippen LogP contribution in [-0.2, 0) is 26.0 Å². The van der Waals surface area contributed by atoms with E-state index in [2.05, 4.69) is 10.0 Å². The Morgan fingerprint density at radius 1 is 1.02 bits per heavy atom. The lowest BCUT2D eigenvalue weighted by molar-refractivity contribution is -0.124. The number of halogens is 2. The van der Waals surface area contributed by atoms with Crippen LogP contribution < -0.4 is 10.0 Å². The van der Waals surface area contributed by atoms with E-state index in [-0.39, 0.29) is 18.4 Å². The number of ether oxygens (including phenoxy) is 1. The molecule has 0 bridgehead atoms. The molecule has 47 heavy (non-hydrogen) atoms. The summed E-state index contributed by atoms with van der Waals surface area (Å²) in [6, 6.07) is 13.7. The highest BCUT2D eigenvalue weighted by molar-refractivity contribution is 7.88. The predicted octanol–water partition coefficient (Wildman–Crippen LogP) is 6.51. The number of nitrogens with zero attached hydrogens (tertiary/aromatic N) is 1. The van der Waals surface area contributed by atoms with Gasteiger partial charge in [0.25, 0.3) is 5.91 Å². The van der Waals surface area contributed by atoms with Crippen molar-refractivity contribution in [1.82, 2.24) is 14.9 Å². The molecule has 0 unspecified atom stereocenters. The monoisotopic (exact) mass is 719 g/mol. The van der Waals surface area contributed by atoms with Crippen molar-refractivity contribution in [2.75, 3.05) is 12.8 Å². The summed E-state index contributed by atoms with van der Waals surface area (Å²) in [5.74, 6) is -1.85. The lowest BCUT2D eigenvalue weighted by Crippen LogP contribution is -2.59. The molecule has 1 aliphatic carbocycles. The van der Waals surface area contributed by atoms with Gasteiger partial charge in [-0.3, -0.25) is 9.59 Å². The molecule has 13 heteroatoms. The minimum absolute atomic E-state index is 0.280. The van der Waals surface area contributed by atoms with Crippen LogP contribution in [0.4, 0.5) is 0 Å². The molecule has 252 valence electrons. The molecule has 0 spiro atoms. The number of carbonyl (C=O) groups is 3. The van der Waals surface area contributed by atoms with Crippen LogP contribution in [-0.4, -0.2) is 61.6 Å². The number of hydrogen-bond acceptors (Lipinski definition) is 7. The number of sulfonamides is 1. The van der Waals surface area contributed by atoms with Gasteiger partial charge in [0.1, 0.15) is 10.5 Å². The minimum atomic E-state index is -3.59. The highest BCUT2D eigenvalue weighted by Gasteiger charge is 2.49. The lowest BCUT2D eigenvalue weighted by atomic mass is 9.76. The van der Waals surface area contributed by atoms with Gasteiger partial charge in [0.15, 0.2) is 0 Å². The van der Waals surface area contributed by atoms with Crippen LogP contribution in [0.2, 0.25) is 10.0 Å². The second kappa shape index (κ2) is 14.3. The largest absolute Gasteiger partial charge is 0.456 e. The Balaban J connectivity index is 1.49. The molecule has 5 rings (SSSR count). The number of carbonyl (C=O) groups excluding carboxylic acids is 3. The Hall–Kier alpha value is -2.96. The SMILES string of the molecule is CC(C)(C)OC(=O)c1ccc(CCNC(=O)[C@@H]2c3ccccc3C(=O)N([C@H]3CCCC[C@@H]3NS(C)(=O)=O)[C@H]2c2ccc(Cl)cc2Cl)s1. The molecule has 4 atom stereocenters. The standard InChI is InChI=1S/C34H39Cl2N3O6S2/c1-34(2,3)45-33(42)28-16-14-21(46-28)17-18-37-31(40)29-22-9-5-6-10-23(22)32(41)39(30(29)24-15-13-20(35)19-25(24)36)27-12-8-7-11-26(27)38-47(4,43)44/h5-6,9-10,13-16,19,26-27,29-30,38H,7-8,11-12,17-18H2,1-4H3,(H,37,40)/t26-,27-,29+,30-/m0/s1. The average Bonchev–Trinajstić information content (AvgIpc) is 3.45. The summed E-state index contributed by atoms with van der Waals surface area (Å²) in [6.45, 7) is 5.72. The molecule has 1 aliphatic heterocycles. The smallest absolute Gasteiger partial charge is 0.348 e. The Bertz CT molecular complexity index is 1770. The molecule has 2 amide bonds. The molecule has 2 N–H and O–H groups in total. The molecule has 0 radical (unpaired) electrons. The number of rotatable bonds is 9. The summed E-state index contributed by atoms with van der Waals surface area (Å²) in [5, 5.41) is 3.78. The Morgan fingerprint density at radius 2 is 1.74 bits per heavy atom. The van der Waals surface area contributed by atoms with Gasteiger partial charge in [-0.15, -0.1) is 11.3 Å². The quantitative estimate of drug-likeness (QED) is 0.243. The fraction of sp³-hybridized carbons (Fsp3) is 0.441. The van der Waals surface area contributed by atoms with E-state index in [9.17, 15) is 22.8 Å². The van der Waals surface area contributed by atoms with Crippen molar-refractivity contribution in [2.24, 2.45) is 0 Å². The lowest BCUT2D eigenvalue weighted by Gasteiger charge is -2.49. The number of fused-ring (bicyclic) bond motifs is 1. The van der Waals surface area contributed by atoms with Crippen LogP contribution in [0.25, 0.3) is 0 Å². The fourth-order valence-electron chi connectivity index (χ4n) is 6.50. The third-order valence-electron chi connectivity index (χ3n) is 8.32. The maximum absolute atomic E-state index is 14.4. The highest BCUT2D eigenvalue weighted by Crippen LogP contribution is 2.48. The predicted molar refractivity (Wildman–Crippen MR) is 185 cm³/mol. The first-order valence-corrected chi connectivity index (χ1v) is 19.0. The van der Waals surface area contributed by atoms with Crippen molar-refractivity contribution in [3.63, 3.8) is 0 Å². The van der Waals surface area contributed by atoms with E-state index in [1.807, 2.05) is 26.8 Å². The summed E-state index contributed by atoms with van der Waals surface area (Å²) in [4.78, 5) is 44.3. The van der Waals surface area contributed by atoms with Crippen molar-refractivity contribution in [3.05, 3.63) is 91.1 Å². The van der Waals surface area contributed by atoms with Crippen molar-refractivity contribution >= 4 is 62.3 Å². The first-order valence-electron chi connectivity index (χ1n) is 15.6. The summed E-state index contributed by atoms with van der Waals surface area (Å²) < 4.78 is 33.1. The third kappa shape index (κ3) is 8.37. The summed E-state index contributed by atoms with van der Waals surface area (Å²) in [7, 11) is -3.59. The van der Waals surface area contributed by atoms with Crippen LogP contribution in [0.1, 0.15) is 94.4 Å². The van der Waals surface area contributed by atoms with Gasteiger partial charge < -0.3 is 15.0 Å². The van der Waals surface area contributed by atoms with Gasteiger partial charge in [-0.05, 0) is 81.5 Å². The van der Waals surface area contributed by atoms with Crippen LogP contribution in [0.5, 0.6) is 0 Å². The number of benzene rings is 2.